The van der Waals surface area contributed by atoms with Crippen molar-refractivity contribution in [2.24, 2.45) is 7.05 Å². The topological polar surface area (TPSA) is 29.9 Å². The summed E-state index contributed by atoms with van der Waals surface area (Å²) in [6.07, 6.45) is 1.83. The fourth-order valence-electron chi connectivity index (χ4n) is 2.19. The third-order valence-electron chi connectivity index (χ3n) is 2.91. The number of hydrogen-bond donors (Lipinski definition) is 1. The summed E-state index contributed by atoms with van der Waals surface area (Å²) < 4.78 is 1.90. The highest BCUT2D eigenvalue weighted by Crippen LogP contribution is 2.20. The number of aromatic nitrogens is 2. The number of nitrogens with zero attached hydrogens (tertiary/aromatic N) is 2. The lowest BCUT2D eigenvalue weighted by atomic mass is 10.1. The van der Waals surface area contributed by atoms with Gasteiger partial charge in [-0.3, -0.25) is 4.68 Å². The Morgan fingerprint density at radius 3 is 2.35 bits per heavy atom. The first-order chi connectivity index (χ1) is 8.06. The van der Waals surface area contributed by atoms with Crippen molar-refractivity contribution in [2.45, 2.75) is 26.8 Å². The smallest absolute Gasteiger partial charge is 0.0653 e. The molecule has 0 amide bonds. The fraction of sp³-hybridized carbons (Fsp3) is 0.357. The lowest BCUT2D eigenvalue weighted by Gasteiger charge is -2.16. The van der Waals surface area contributed by atoms with Gasteiger partial charge in [0.2, 0.25) is 0 Å². The quantitative estimate of drug-likeness (QED) is 0.875. The molecule has 1 atom stereocenters. The van der Waals surface area contributed by atoms with E-state index in [4.69, 9.17) is 0 Å². The molecule has 3 heteroatoms. The van der Waals surface area contributed by atoms with Crippen LogP contribution in [0, 0.1) is 13.8 Å². The lowest BCUT2D eigenvalue weighted by molar-refractivity contribution is 0.675. The van der Waals surface area contributed by atoms with Gasteiger partial charge in [0.25, 0.3) is 0 Å². The molecule has 1 N–H and O–H groups in total. The molecule has 1 unspecified atom stereocenters. The number of benzene rings is 1. The van der Waals surface area contributed by atoms with Gasteiger partial charge in [0.15, 0.2) is 0 Å². The summed E-state index contributed by atoms with van der Waals surface area (Å²) in [7, 11) is 1.97. The first kappa shape index (κ1) is 11.7. The van der Waals surface area contributed by atoms with Crippen LogP contribution < -0.4 is 5.32 Å². The van der Waals surface area contributed by atoms with Crippen LogP contribution in [0.15, 0.2) is 30.5 Å². The standard InChI is InChI=1S/C14H19N3/c1-10-7-11(2)9-13(8-10)16-12(3)14-5-6-15-17(14)4/h5-9,12,16H,1-4H3. The second kappa shape index (κ2) is 4.62. The van der Waals surface area contributed by atoms with E-state index in [0.717, 1.165) is 5.69 Å². The van der Waals surface area contributed by atoms with E-state index in [2.05, 4.69) is 49.4 Å². The third kappa shape index (κ3) is 2.67. The molecule has 2 rings (SSSR count). The minimum atomic E-state index is 0.253. The van der Waals surface area contributed by atoms with Crippen LogP contribution >= 0.6 is 0 Å². The number of nitrogens with one attached hydrogen (secondary N) is 1. The number of anilines is 1. The highest BCUT2D eigenvalue weighted by Gasteiger charge is 2.09. The van der Waals surface area contributed by atoms with Gasteiger partial charge in [0.05, 0.1) is 11.7 Å². The molecule has 17 heavy (non-hydrogen) atoms. The van der Waals surface area contributed by atoms with Gasteiger partial charge in [-0.05, 0) is 50.1 Å². The van der Waals surface area contributed by atoms with Crippen molar-refractivity contribution in [3.8, 4) is 0 Å². The van der Waals surface area contributed by atoms with Gasteiger partial charge in [-0.25, -0.2) is 0 Å². The van der Waals surface area contributed by atoms with E-state index in [-0.39, 0.29) is 6.04 Å². The largest absolute Gasteiger partial charge is 0.377 e. The summed E-state index contributed by atoms with van der Waals surface area (Å²) in [5.74, 6) is 0. The zero-order valence-corrected chi connectivity index (χ0v) is 10.9. The maximum absolute atomic E-state index is 4.19. The monoisotopic (exact) mass is 229 g/mol. The molecule has 3 nitrogen and oxygen atoms in total. The van der Waals surface area contributed by atoms with E-state index in [9.17, 15) is 0 Å². The minimum Gasteiger partial charge on any atom is -0.377 e. The van der Waals surface area contributed by atoms with Crippen LogP contribution in [-0.4, -0.2) is 9.78 Å². The second-order valence-electron chi connectivity index (χ2n) is 4.62. The molecular weight excluding hydrogens is 210 g/mol. The zero-order chi connectivity index (χ0) is 12.4. The summed E-state index contributed by atoms with van der Waals surface area (Å²) in [6.45, 7) is 6.38. The van der Waals surface area contributed by atoms with Gasteiger partial charge >= 0.3 is 0 Å². The van der Waals surface area contributed by atoms with Crippen molar-refractivity contribution >= 4 is 5.69 Å². The van der Waals surface area contributed by atoms with E-state index in [1.54, 1.807) is 0 Å². The van der Waals surface area contributed by atoms with E-state index < -0.39 is 0 Å². The first-order valence-electron chi connectivity index (χ1n) is 5.89. The molecule has 90 valence electrons. The number of rotatable bonds is 3. The molecule has 0 aliphatic rings. The van der Waals surface area contributed by atoms with Crippen molar-refractivity contribution < 1.29 is 0 Å². The Hall–Kier alpha value is -1.77. The molecule has 0 saturated carbocycles. The zero-order valence-electron chi connectivity index (χ0n) is 10.9. The predicted molar refractivity (Wildman–Crippen MR) is 71.2 cm³/mol. The molecule has 1 aromatic carbocycles. The van der Waals surface area contributed by atoms with Gasteiger partial charge in [-0.15, -0.1) is 0 Å². The molecule has 0 aliphatic heterocycles. The Kier molecular flexibility index (Phi) is 3.18. The highest BCUT2D eigenvalue weighted by atomic mass is 15.3. The van der Waals surface area contributed by atoms with Crippen LogP contribution in [0.25, 0.3) is 0 Å². The summed E-state index contributed by atoms with van der Waals surface area (Å²) >= 11 is 0. The van der Waals surface area contributed by atoms with Gasteiger partial charge in [0, 0.05) is 18.9 Å². The van der Waals surface area contributed by atoms with E-state index in [1.165, 1.54) is 16.8 Å². The Balaban J connectivity index is 2.18. The Morgan fingerprint density at radius 2 is 1.82 bits per heavy atom. The summed E-state index contributed by atoms with van der Waals surface area (Å²) in [4.78, 5) is 0. The lowest BCUT2D eigenvalue weighted by Crippen LogP contribution is -2.11. The summed E-state index contributed by atoms with van der Waals surface area (Å²) in [5, 5.41) is 7.70. The van der Waals surface area contributed by atoms with Gasteiger partial charge in [-0.1, -0.05) is 6.07 Å². The van der Waals surface area contributed by atoms with Crippen molar-refractivity contribution in [1.29, 1.82) is 0 Å². The molecule has 0 spiro atoms. The van der Waals surface area contributed by atoms with Crippen LogP contribution in [0.3, 0.4) is 0 Å². The van der Waals surface area contributed by atoms with E-state index in [0.29, 0.717) is 0 Å². The van der Waals surface area contributed by atoms with E-state index >= 15 is 0 Å². The maximum atomic E-state index is 4.19. The minimum absolute atomic E-state index is 0.253. The first-order valence-corrected chi connectivity index (χ1v) is 5.89. The third-order valence-corrected chi connectivity index (χ3v) is 2.91. The van der Waals surface area contributed by atoms with Crippen LogP contribution in [0.1, 0.15) is 29.8 Å². The van der Waals surface area contributed by atoms with Gasteiger partial charge in [-0.2, -0.15) is 5.10 Å². The molecule has 0 saturated heterocycles. The van der Waals surface area contributed by atoms with Crippen LogP contribution in [0.5, 0.6) is 0 Å². The normalized spacial score (nSPS) is 12.5. The summed E-state index contributed by atoms with van der Waals surface area (Å²) in [5.41, 5.74) is 4.91. The Bertz CT molecular complexity index is 494. The molecule has 2 aromatic rings. The number of hydrogen-bond acceptors (Lipinski definition) is 2. The maximum Gasteiger partial charge on any atom is 0.0653 e. The fourth-order valence-corrected chi connectivity index (χ4v) is 2.19. The molecule has 0 bridgehead atoms. The van der Waals surface area contributed by atoms with E-state index in [1.807, 2.05) is 24.0 Å². The number of aryl methyl sites for hydroxylation is 3. The molecular formula is C14H19N3. The van der Waals surface area contributed by atoms with Crippen molar-refractivity contribution in [1.82, 2.24) is 9.78 Å². The average molecular weight is 229 g/mol. The predicted octanol–water partition coefficient (Wildman–Crippen LogP) is 3.21. The highest BCUT2D eigenvalue weighted by molar-refractivity contribution is 5.49. The Morgan fingerprint density at radius 1 is 1.18 bits per heavy atom. The molecule has 1 heterocycles. The molecule has 0 radical (unpaired) electrons. The molecule has 1 aromatic heterocycles. The van der Waals surface area contributed by atoms with Crippen LogP contribution in [-0.2, 0) is 7.05 Å². The van der Waals surface area contributed by atoms with Gasteiger partial charge < -0.3 is 5.32 Å². The SMILES string of the molecule is Cc1cc(C)cc(NC(C)c2ccnn2C)c1. The van der Waals surface area contributed by atoms with Crippen LogP contribution in [0.2, 0.25) is 0 Å². The average Bonchev–Trinajstić information content (AvgIpc) is 2.62. The molecule has 0 fully saturated rings. The van der Waals surface area contributed by atoms with Crippen molar-refractivity contribution in [3.63, 3.8) is 0 Å². The second-order valence-corrected chi connectivity index (χ2v) is 4.62. The summed E-state index contributed by atoms with van der Waals surface area (Å²) in [6, 6.07) is 8.81. The van der Waals surface area contributed by atoms with Crippen molar-refractivity contribution in [2.75, 3.05) is 5.32 Å². The van der Waals surface area contributed by atoms with Gasteiger partial charge in [0.1, 0.15) is 0 Å². The molecule has 0 aliphatic carbocycles. The Labute approximate surface area is 102 Å². The van der Waals surface area contributed by atoms with Crippen molar-refractivity contribution in [3.05, 3.63) is 47.3 Å². The van der Waals surface area contributed by atoms with Crippen LogP contribution in [0.4, 0.5) is 5.69 Å².